The molecule has 0 spiro atoms. The molecule has 17 heavy (non-hydrogen) atoms. The number of fused-ring (bicyclic) bond motifs is 1. The first-order valence-corrected chi connectivity index (χ1v) is 6.79. The van der Waals surface area contributed by atoms with E-state index < -0.39 is 6.10 Å². The molecule has 1 aromatic rings. The molecule has 4 heteroatoms. The van der Waals surface area contributed by atoms with Crippen molar-refractivity contribution in [2.24, 2.45) is 0 Å². The number of halogens is 1. The summed E-state index contributed by atoms with van der Waals surface area (Å²) < 4.78 is 12.6. The molecular weight excluding hydrogens is 284 g/mol. The first-order chi connectivity index (χ1) is 8.24. The molecule has 0 saturated carbocycles. The SMILES string of the molecule is OC1CC(C2CCCO2)Oc2cc(Br)ccc21. The van der Waals surface area contributed by atoms with Crippen LogP contribution in [0.2, 0.25) is 0 Å². The van der Waals surface area contributed by atoms with Gasteiger partial charge in [0, 0.05) is 23.1 Å². The molecule has 2 aliphatic rings. The number of aliphatic hydroxyl groups excluding tert-OH is 1. The van der Waals surface area contributed by atoms with E-state index in [9.17, 15) is 5.11 Å². The van der Waals surface area contributed by atoms with E-state index in [-0.39, 0.29) is 12.2 Å². The molecule has 3 unspecified atom stereocenters. The highest BCUT2D eigenvalue weighted by molar-refractivity contribution is 9.10. The average Bonchev–Trinajstić information content (AvgIpc) is 2.81. The van der Waals surface area contributed by atoms with Crippen molar-refractivity contribution in [3.8, 4) is 5.75 Å². The molecule has 0 aromatic heterocycles. The number of aliphatic hydroxyl groups is 1. The van der Waals surface area contributed by atoms with E-state index in [4.69, 9.17) is 9.47 Å². The summed E-state index contributed by atoms with van der Waals surface area (Å²) in [6, 6.07) is 5.76. The number of hydrogen-bond donors (Lipinski definition) is 1. The normalized spacial score (nSPS) is 32.0. The Labute approximate surface area is 109 Å². The summed E-state index contributed by atoms with van der Waals surface area (Å²) in [4.78, 5) is 0. The van der Waals surface area contributed by atoms with E-state index in [1.165, 1.54) is 0 Å². The zero-order valence-corrected chi connectivity index (χ0v) is 11.0. The predicted molar refractivity (Wildman–Crippen MR) is 67.1 cm³/mol. The largest absolute Gasteiger partial charge is 0.487 e. The van der Waals surface area contributed by atoms with Gasteiger partial charge in [-0.15, -0.1) is 0 Å². The minimum atomic E-state index is -0.443. The summed E-state index contributed by atoms with van der Waals surface area (Å²) >= 11 is 3.42. The predicted octanol–water partition coefficient (Wildman–Crippen LogP) is 2.81. The van der Waals surface area contributed by atoms with Crippen molar-refractivity contribution in [2.75, 3.05) is 6.61 Å². The molecule has 1 fully saturated rings. The van der Waals surface area contributed by atoms with Gasteiger partial charge in [-0.3, -0.25) is 0 Å². The van der Waals surface area contributed by atoms with Crippen LogP contribution in [0.15, 0.2) is 22.7 Å². The van der Waals surface area contributed by atoms with Crippen LogP contribution >= 0.6 is 15.9 Å². The number of hydrogen-bond acceptors (Lipinski definition) is 3. The third-order valence-electron chi connectivity index (χ3n) is 3.45. The van der Waals surface area contributed by atoms with Gasteiger partial charge in [0.25, 0.3) is 0 Å². The second-order valence-electron chi connectivity index (χ2n) is 4.64. The summed E-state index contributed by atoms with van der Waals surface area (Å²) in [5, 5.41) is 10.1. The Morgan fingerprint density at radius 3 is 2.94 bits per heavy atom. The fourth-order valence-electron chi connectivity index (χ4n) is 2.57. The maximum Gasteiger partial charge on any atom is 0.128 e. The van der Waals surface area contributed by atoms with Crippen molar-refractivity contribution in [1.29, 1.82) is 0 Å². The summed E-state index contributed by atoms with van der Waals surface area (Å²) in [6.07, 6.45) is 2.42. The molecule has 1 aromatic carbocycles. The second kappa shape index (κ2) is 4.59. The quantitative estimate of drug-likeness (QED) is 0.866. The highest BCUT2D eigenvalue weighted by Crippen LogP contribution is 2.38. The first-order valence-electron chi connectivity index (χ1n) is 6.00. The molecule has 0 bridgehead atoms. The molecule has 0 aliphatic carbocycles. The molecule has 3 nitrogen and oxygen atoms in total. The summed E-state index contributed by atoms with van der Waals surface area (Å²) in [5.41, 5.74) is 0.877. The van der Waals surface area contributed by atoms with Crippen molar-refractivity contribution in [3.63, 3.8) is 0 Å². The van der Waals surface area contributed by atoms with Gasteiger partial charge in [-0.05, 0) is 25.0 Å². The van der Waals surface area contributed by atoms with Crippen LogP contribution in [-0.2, 0) is 4.74 Å². The van der Waals surface area contributed by atoms with E-state index in [1.54, 1.807) is 0 Å². The Hall–Kier alpha value is -0.580. The maximum atomic E-state index is 10.1. The standard InChI is InChI=1S/C13H15BrO3/c14-8-3-4-9-10(15)7-13(17-12(9)6-8)11-2-1-5-16-11/h3-4,6,10-11,13,15H,1-2,5,7H2. The fourth-order valence-corrected chi connectivity index (χ4v) is 2.91. The third-order valence-corrected chi connectivity index (χ3v) is 3.94. The zero-order valence-electron chi connectivity index (χ0n) is 9.43. The van der Waals surface area contributed by atoms with Gasteiger partial charge in [0.1, 0.15) is 11.9 Å². The molecule has 0 radical (unpaired) electrons. The van der Waals surface area contributed by atoms with E-state index in [2.05, 4.69) is 15.9 Å². The van der Waals surface area contributed by atoms with Crippen molar-refractivity contribution in [3.05, 3.63) is 28.2 Å². The zero-order chi connectivity index (χ0) is 11.8. The van der Waals surface area contributed by atoms with Crippen LogP contribution < -0.4 is 4.74 Å². The van der Waals surface area contributed by atoms with E-state index >= 15 is 0 Å². The summed E-state index contributed by atoms with van der Waals surface area (Å²) in [6.45, 7) is 0.811. The van der Waals surface area contributed by atoms with Crippen LogP contribution in [0.25, 0.3) is 0 Å². The topological polar surface area (TPSA) is 38.7 Å². The Bertz CT molecular complexity index is 415. The van der Waals surface area contributed by atoms with Gasteiger partial charge in [0.05, 0.1) is 12.2 Å². The van der Waals surface area contributed by atoms with Crippen molar-refractivity contribution in [2.45, 2.75) is 37.6 Å². The van der Waals surface area contributed by atoms with E-state index in [1.807, 2.05) is 18.2 Å². The highest BCUT2D eigenvalue weighted by Gasteiger charge is 2.34. The molecule has 92 valence electrons. The molecule has 3 atom stereocenters. The van der Waals surface area contributed by atoms with Crippen LogP contribution in [0, 0.1) is 0 Å². The number of benzene rings is 1. The highest BCUT2D eigenvalue weighted by atomic mass is 79.9. The van der Waals surface area contributed by atoms with Gasteiger partial charge in [0.15, 0.2) is 0 Å². The summed E-state index contributed by atoms with van der Waals surface area (Å²) in [7, 11) is 0. The van der Waals surface area contributed by atoms with Crippen LogP contribution in [0.1, 0.15) is 30.9 Å². The van der Waals surface area contributed by atoms with Gasteiger partial charge >= 0.3 is 0 Å². The van der Waals surface area contributed by atoms with Gasteiger partial charge in [-0.25, -0.2) is 0 Å². The number of rotatable bonds is 1. The molecule has 1 saturated heterocycles. The summed E-state index contributed by atoms with van der Waals surface area (Å²) in [5.74, 6) is 0.777. The monoisotopic (exact) mass is 298 g/mol. The average molecular weight is 299 g/mol. The lowest BCUT2D eigenvalue weighted by molar-refractivity contribution is -0.0271. The van der Waals surface area contributed by atoms with Crippen LogP contribution in [0.5, 0.6) is 5.75 Å². The van der Waals surface area contributed by atoms with Crippen molar-refractivity contribution in [1.82, 2.24) is 0 Å². The van der Waals surface area contributed by atoms with Gasteiger partial charge in [-0.2, -0.15) is 0 Å². The van der Waals surface area contributed by atoms with Crippen molar-refractivity contribution < 1.29 is 14.6 Å². The molecule has 0 amide bonds. The van der Waals surface area contributed by atoms with Crippen LogP contribution in [0.3, 0.4) is 0 Å². The fraction of sp³-hybridized carbons (Fsp3) is 0.538. The Balaban J connectivity index is 1.85. The Kier molecular flexibility index (Phi) is 3.11. The van der Waals surface area contributed by atoms with Gasteiger partial charge in [0.2, 0.25) is 0 Å². The molecular formula is C13H15BrO3. The second-order valence-corrected chi connectivity index (χ2v) is 5.56. The molecule has 2 aliphatic heterocycles. The first kappa shape index (κ1) is 11.5. The maximum absolute atomic E-state index is 10.1. The van der Waals surface area contributed by atoms with Gasteiger partial charge in [-0.1, -0.05) is 22.0 Å². The third kappa shape index (κ3) is 2.21. The van der Waals surface area contributed by atoms with Crippen LogP contribution in [0.4, 0.5) is 0 Å². The Morgan fingerprint density at radius 2 is 2.18 bits per heavy atom. The molecule has 3 rings (SSSR count). The van der Waals surface area contributed by atoms with E-state index in [0.29, 0.717) is 6.42 Å². The van der Waals surface area contributed by atoms with Crippen LogP contribution in [-0.4, -0.2) is 23.9 Å². The lowest BCUT2D eigenvalue weighted by Crippen LogP contribution is -2.36. The number of ether oxygens (including phenoxy) is 2. The molecule has 2 heterocycles. The molecule has 1 N–H and O–H groups in total. The lowest BCUT2D eigenvalue weighted by Gasteiger charge is -2.32. The Morgan fingerprint density at radius 1 is 1.29 bits per heavy atom. The van der Waals surface area contributed by atoms with E-state index in [0.717, 1.165) is 35.2 Å². The van der Waals surface area contributed by atoms with Gasteiger partial charge < -0.3 is 14.6 Å². The lowest BCUT2D eigenvalue weighted by atomic mass is 9.95. The van der Waals surface area contributed by atoms with Crippen molar-refractivity contribution >= 4 is 15.9 Å². The minimum Gasteiger partial charge on any atom is -0.487 e. The minimum absolute atomic E-state index is 0.0192. The smallest absolute Gasteiger partial charge is 0.128 e.